The lowest BCUT2D eigenvalue weighted by Crippen LogP contribution is -2.17. The minimum absolute atomic E-state index is 0.138. The van der Waals surface area contributed by atoms with Crippen molar-refractivity contribution in [2.24, 2.45) is 0 Å². The first-order valence-corrected chi connectivity index (χ1v) is 10.3. The van der Waals surface area contributed by atoms with Gasteiger partial charge in [0.05, 0.1) is 11.4 Å². The number of carbonyl (C=O) groups is 1. The fourth-order valence-corrected chi connectivity index (χ4v) is 3.73. The fourth-order valence-electron chi connectivity index (χ4n) is 3.04. The number of fused-ring (bicyclic) bond motifs is 2. The number of hydrogen-bond donors (Lipinski definition) is 1. The minimum Gasteiger partial charge on any atom is -0.486 e. The molecule has 10 nitrogen and oxygen atoms in total. The predicted octanol–water partition coefficient (Wildman–Crippen LogP) is 1.94. The van der Waals surface area contributed by atoms with Gasteiger partial charge in [0.25, 0.3) is 0 Å². The molecule has 1 aromatic heterocycles. The third kappa shape index (κ3) is 3.83. The lowest BCUT2D eigenvalue weighted by molar-refractivity contribution is -0.113. The van der Waals surface area contributed by atoms with Gasteiger partial charge in [0.15, 0.2) is 23.0 Å². The van der Waals surface area contributed by atoms with Gasteiger partial charge in [0.1, 0.15) is 26.4 Å². The lowest BCUT2D eigenvalue weighted by Gasteiger charge is -2.19. The van der Waals surface area contributed by atoms with E-state index in [2.05, 4.69) is 20.8 Å². The van der Waals surface area contributed by atoms with Crippen molar-refractivity contribution < 1.29 is 23.7 Å². The van der Waals surface area contributed by atoms with Crippen LogP contribution in [0.5, 0.6) is 23.0 Å². The first-order valence-electron chi connectivity index (χ1n) is 9.27. The molecule has 0 aliphatic carbocycles. The van der Waals surface area contributed by atoms with Crippen molar-refractivity contribution in [3.05, 3.63) is 36.4 Å². The Balaban J connectivity index is 1.24. The molecular weight excluding hydrogens is 410 g/mol. The van der Waals surface area contributed by atoms with Gasteiger partial charge in [-0.2, -0.15) is 4.68 Å². The Bertz CT molecular complexity index is 1090. The quantitative estimate of drug-likeness (QED) is 0.611. The molecule has 1 amide bonds. The van der Waals surface area contributed by atoms with Crippen LogP contribution in [-0.4, -0.2) is 58.3 Å². The summed E-state index contributed by atoms with van der Waals surface area (Å²) in [5.41, 5.74) is 1.36. The van der Waals surface area contributed by atoms with E-state index in [0.717, 1.165) is 5.69 Å². The number of hydrogen-bond acceptors (Lipinski definition) is 9. The maximum absolute atomic E-state index is 12.4. The number of amides is 1. The minimum atomic E-state index is -0.187. The number of anilines is 1. The van der Waals surface area contributed by atoms with Gasteiger partial charge in [0.2, 0.25) is 11.1 Å². The van der Waals surface area contributed by atoms with Crippen LogP contribution in [0.2, 0.25) is 0 Å². The van der Waals surface area contributed by atoms with Gasteiger partial charge < -0.3 is 24.3 Å². The Morgan fingerprint density at radius 2 is 1.60 bits per heavy atom. The number of rotatable bonds is 5. The number of benzene rings is 2. The second-order valence-corrected chi connectivity index (χ2v) is 7.34. The second-order valence-electron chi connectivity index (χ2n) is 6.40. The van der Waals surface area contributed by atoms with Crippen LogP contribution in [0, 0.1) is 0 Å². The zero-order chi connectivity index (χ0) is 20.3. The molecule has 0 unspecified atom stereocenters. The topological polar surface area (TPSA) is 110 Å². The maximum atomic E-state index is 12.4. The van der Waals surface area contributed by atoms with Crippen LogP contribution >= 0.6 is 11.8 Å². The van der Waals surface area contributed by atoms with Crippen LogP contribution in [0.15, 0.2) is 41.6 Å². The first-order chi connectivity index (χ1) is 14.8. The van der Waals surface area contributed by atoms with E-state index >= 15 is 0 Å². The number of thioether (sulfide) groups is 1. The van der Waals surface area contributed by atoms with Gasteiger partial charge in [-0.15, -0.1) is 5.10 Å². The molecule has 0 saturated carbocycles. The molecule has 0 saturated heterocycles. The highest BCUT2D eigenvalue weighted by molar-refractivity contribution is 7.99. The van der Waals surface area contributed by atoms with Crippen molar-refractivity contribution in [2.45, 2.75) is 5.16 Å². The van der Waals surface area contributed by atoms with Gasteiger partial charge in [-0.05, 0) is 34.7 Å². The zero-order valence-corrected chi connectivity index (χ0v) is 16.6. The fraction of sp³-hybridized carbons (Fsp3) is 0.263. The molecule has 30 heavy (non-hydrogen) atoms. The molecule has 3 heterocycles. The molecule has 5 rings (SSSR count). The molecule has 0 atom stereocenters. The number of ether oxygens (including phenoxy) is 4. The number of carbonyl (C=O) groups excluding carboxylic acids is 1. The van der Waals surface area contributed by atoms with E-state index < -0.39 is 0 Å². The molecule has 1 N–H and O–H groups in total. The molecule has 11 heteroatoms. The number of nitrogens with zero attached hydrogens (tertiary/aromatic N) is 4. The maximum Gasteiger partial charge on any atom is 0.234 e. The molecule has 2 aliphatic heterocycles. The Morgan fingerprint density at radius 3 is 2.37 bits per heavy atom. The van der Waals surface area contributed by atoms with Crippen molar-refractivity contribution >= 4 is 23.4 Å². The van der Waals surface area contributed by atoms with E-state index in [-0.39, 0.29) is 11.7 Å². The van der Waals surface area contributed by atoms with Gasteiger partial charge in [0, 0.05) is 17.8 Å². The normalized spacial score (nSPS) is 14.3. The first kappa shape index (κ1) is 18.6. The monoisotopic (exact) mass is 427 g/mol. The number of tetrazole rings is 1. The molecule has 0 spiro atoms. The third-order valence-corrected chi connectivity index (χ3v) is 5.29. The summed E-state index contributed by atoms with van der Waals surface area (Å²) in [6.07, 6.45) is 0. The Morgan fingerprint density at radius 1 is 0.933 bits per heavy atom. The summed E-state index contributed by atoms with van der Waals surface area (Å²) >= 11 is 1.23. The van der Waals surface area contributed by atoms with E-state index in [1.54, 1.807) is 22.9 Å². The van der Waals surface area contributed by atoms with E-state index in [0.29, 0.717) is 60.3 Å². The van der Waals surface area contributed by atoms with Gasteiger partial charge in [-0.1, -0.05) is 11.8 Å². The molecule has 0 fully saturated rings. The van der Waals surface area contributed by atoms with Crippen LogP contribution < -0.4 is 24.3 Å². The highest BCUT2D eigenvalue weighted by Gasteiger charge is 2.17. The summed E-state index contributed by atoms with van der Waals surface area (Å²) in [7, 11) is 0. The van der Waals surface area contributed by atoms with Crippen LogP contribution in [0.25, 0.3) is 5.69 Å². The molecule has 3 aromatic rings. The van der Waals surface area contributed by atoms with Crippen LogP contribution in [0.1, 0.15) is 0 Å². The van der Waals surface area contributed by atoms with Crippen molar-refractivity contribution in [1.82, 2.24) is 20.2 Å². The van der Waals surface area contributed by atoms with E-state index in [9.17, 15) is 4.79 Å². The highest BCUT2D eigenvalue weighted by Crippen LogP contribution is 2.34. The van der Waals surface area contributed by atoms with Crippen molar-refractivity contribution in [3.63, 3.8) is 0 Å². The van der Waals surface area contributed by atoms with E-state index in [1.165, 1.54) is 11.8 Å². The van der Waals surface area contributed by atoms with Crippen LogP contribution in [0.4, 0.5) is 5.69 Å². The summed E-state index contributed by atoms with van der Waals surface area (Å²) in [5, 5.41) is 15.1. The molecule has 0 bridgehead atoms. The van der Waals surface area contributed by atoms with Crippen LogP contribution in [-0.2, 0) is 4.79 Å². The summed E-state index contributed by atoms with van der Waals surface area (Å²) in [6.45, 7) is 2.03. The summed E-state index contributed by atoms with van der Waals surface area (Å²) in [6, 6.07) is 10.8. The summed E-state index contributed by atoms with van der Waals surface area (Å²) < 4.78 is 23.7. The molecule has 154 valence electrons. The largest absolute Gasteiger partial charge is 0.486 e. The Kier molecular flexibility index (Phi) is 5.01. The molecule has 2 aromatic carbocycles. The third-order valence-electron chi connectivity index (χ3n) is 4.37. The van der Waals surface area contributed by atoms with E-state index in [4.69, 9.17) is 18.9 Å². The van der Waals surface area contributed by atoms with Gasteiger partial charge >= 0.3 is 0 Å². The summed E-state index contributed by atoms with van der Waals surface area (Å²) in [5.74, 6) is 2.57. The van der Waals surface area contributed by atoms with Crippen LogP contribution in [0.3, 0.4) is 0 Å². The average Bonchev–Trinajstić information content (AvgIpc) is 3.26. The smallest absolute Gasteiger partial charge is 0.234 e. The highest BCUT2D eigenvalue weighted by atomic mass is 32.2. The van der Waals surface area contributed by atoms with Crippen molar-refractivity contribution in [3.8, 4) is 28.7 Å². The van der Waals surface area contributed by atoms with Crippen molar-refractivity contribution in [1.29, 1.82) is 0 Å². The predicted molar refractivity (Wildman–Crippen MR) is 107 cm³/mol. The van der Waals surface area contributed by atoms with Gasteiger partial charge in [-0.25, -0.2) is 0 Å². The molecule has 0 radical (unpaired) electrons. The molecular formula is C19H17N5O5S. The SMILES string of the molecule is O=C(CSc1nnnn1-c1ccc2c(c1)OCCO2)Nc1ccc2c(c1)OCCO2. The van der Waals surface area contributed by atoms with E-state index in [1.807, 2.05) is 18.2 Å². The van der Waals surface area contributed by atoms with Crippen molar-refractivity contribution in [2.75, 3.05) is 37.5 Å². The Labute approximate surface area is 175 Å². The number of nitrogens with one attached hydrogen (secondary N) is 1. The standard InChI is InChI=1S/C19H17N5O5S/c25-18(20-12-1-3-14-16(9-12)28-7-5-26-14)11-30-19-21-22-23-24(19)13-2-4-15-17(10-13)29-8-6-27-15/h1-4,9-10H,5-8,11H2,(H,20,25). The zero-order valence-electron chi connectivity index (χ0n) is 15.7. The Hall–Kier alpha value is -3.47. The number of aromatic nitrogens is 4. The molecule has 2 aliphatic rings. The lowest BCUT2D eigenvalue weighted by atomic mass is 10.2. The van der Waals surface area contributed by atoms with Gasteiger partial charge in [-0.3, -0.25) is 4.79 Å². The second kappa shape index (κ2) is 8.11. The summed E-state index contributed by atoms with van der Waals surface area (Å²) in [4.78, 5) is 12.4. The average molecular weight is 427 g/mol.